The van der Waals surface area contributed by atoms with E-state index in [9.17, 15) is 14.7 Å². The van der Waals surface area contributed by atoms with Crippen LogP contribution in [-0.2, 0) is 9.59 Å². The lowest BCUT2D eigenvalue weighted by Crippen LogP contribution is -2.42. The summed E-state index contributed by atoms with van der Waals surface area (Å²) in [5.74, 6) is 0.804. The summed E-state index contributed by atoms with van der Waals surface area (Å²) < 4.78 is 0. The zero-order chi connectivity index (χ0) is 14.1. The van der Waals surface area contributed by atoms with Crippen LogP contribution in [0.3, 0.4) is 0 Å². The highest BCUT2D eigenvalue weighted by atomic mass is 16.3. The molecule has 3 rings (SSSR count). The second kappa shape index (κ2) is 5.72. The third kappa shape index (κ3) is 2.97. The Labute approximate surface area is 119 Å². The number of likely N-dealkylation sites (tertiary alicyclic amines) is 1. The molecule has 2 aliphatic carbocycles. The van der Waals surface area contributed by atoms with Crippen molar-refractivity contribution in [2.24, 2.45) is 17.8 Å². The Balaban J connectivity index is 1.51. The van der Waals surface area contributed by atoms with Crippen molar-refractivity contribution in [3.8, 4) is 0 Å². The van der Waals surface area contributed by atoms with E-state index in [-0.39, 0.29) is 36.3 Å². The lowest BCUT2D eigenvalue weighted by Gasteiger charge is -2.21. The Morgan fingerprint density at radius 1 is 1.30 bits per heavy atom. The number of hydrogen-bond acceptors (Lipinski definition) is 3. The second-order valence-corrected chi connectivity index (χ2v) is 6.63. The lowest BCUT2D eigenvalue weighted by molar-refractivity contribution is -0.129. The summed E-state index contributed by atoms with van der Waals surface area (Å²) >= 11 is 0. The van der Waals surface area contributed by atoms with Crippen LogP contribution in [0.4, 0.5) is 0 Å². The molecule has 1 aliphatic heterocycles. The number of amides is 2. The van der Waals surface area contributed by atoms with E-state index in [0.29, 0.717) is 18.9 Å². The Bertz CT molecular complexity index is 395. The van der Waals surface area contributed by atoms with Gasteiger partial charge in [-0.05, 0) is 31.6 Å². The fraction of sp³-hybridized carbons (Fsp3) is 0.867. The number of nitrogens with one attached hydrogen (secondary N) is 1. The standard InChI is InChI=1S/C15H24N2O3/c18-9-11-2-1-3-13(11)16-15(20)12-6-14(19)17(8-12)7-10-4-5-10/h10-13,18H,1-9H2,(H,16,20). The number of carbonyl (C=O) groups is 2. The first-order chi connectivity index (χ1) is 9.67. The summed E-state index contributed by atoms with van der Waals surface area (Å²) in [7, 11) is 0. The number of aliphatic hydroxyl groups excluding tert-OH is 1. The van der Waals surface area contributed by atoms with Gasteiger partial charge in [0.1, 0.15) is 0 Å². The highest BCUT2D eigenvalue weighted by Gasteiger charge is 2.38. The molecule has 0 aromatic heterocycles. The molecule has 0 aromatic carbocycles. The molecule has 112 valence electrons. The van der Waals surface area contributed by atoms with Crippen molar-refractivity contribution in [1.29, 1.82) is 0 Å². The average molecular weight is 280 g/mol. The summed E-state index contributed by atoms with van der Waals surface area (Å²) in [5, 5.41) is 12.3. The van der Waals surface area contributed by atoms with Gasteiger partial charge in [0.15, 0.2) is 0 Å². The lowest BCUT2D eigenvalue weighted by atomic mass is 10.0. The molecule has 20 heavy (non-hydrogen) atoms. The van der Waals surface area contributed by atoms with Gasteiger partial charge < -0.3 is 15.3 Å². The van der Waals surface area contributed by atoms with Gasteiger partial charge in [-0.3, -0.25) is 9.59 Å². The zero-order valence-electron chi connectivity index (χ0n) is 11.9. The predicted molar refractivity (Wildman–Crippen MR) is 73.8 cm³/mol. The van der Waals surface area contributed by atoms with Crippen LogP contribution >= 0.6 is 0 Å². The van der Waals surface area contributed by atoms with Gasteiger partial charge in [-0.2, -0.15) is 0 Å². The van der Waals surface area contributed by atoms with Crippen molar-refractivity contribution in [2.45, 2.75) is 44.6 Å². The Hall–Kier alpha value is -1.10. The molecule has 0 spiro atoms. The van der Waals surface area contributed by atoms with Gasteiger partial charge in [0, 0.05) is 38.1 Å². The quantitative estimate of drug-likeness (QED) is 0.771. The summed E-state index contributed by atoms with van der Waals surface area (Å²) in [6, 6.07) is 0.0973. The molecular weight excluding hydrogens is 256 g/mol. The van der Waals surface area contributed by atoms with E-state index in [1.54, 1.807) is 0 Å². The third-order valence-electron chi connectivity index (χ3n) is 4.98. The molecule has 2 amide bonds. The van der Waals surface area contributed by atoms with Gasteiger partial charge >= 0.3 is 0 Å². The molecule has 0 aromatic rings. The van der Waals surface area contributed by atoms with Gasteiger partial charge in [-0.15, -0.1) is 0 Å². The Morgan fingerprint density at radius 2 is 2.10 bits per heavy atom. The van der Waals surface area contributed by atoms with Gasteiger partial charge in [0.2, 0.25) is 11.8 Å². The molecule has 5 heteroatoms. The first kappa shape index (κ1) is 13.9. The van der Waals surface area contributed by atoms with Gasteiger partial charge in [0.05, 0.1) is 5.92 Å². The third-order valence-corrected chi connectivity index (χ3v) is 4.98. The van der Waals surface area contributed by atoms with Crippen LogP contribution in [-0.4, -0.2) is 47.6 Å². The zero-order valence-corrected chi connectivity index (χ0v) is 11.9. The molecule has 3 atom stereocenters. The Morgan fingerprint density at radius 3 is 2.80 bits per heavy atom. The number of hydrogen-bond donors (Lipinski definition) is 2. The molecule has 0 radical (unpaired) electrons. The van der Waals surface area contributed by atoms with Crippen LogP contribution in [0, 0.1) is 17.8 Å². The van der Waals surface area contributed by atoms with E-state index in [0.717, 1.165) is 25.8 Å². The topological polar surface area (TPSA) is 69.6 Å². The molecule has 2 N–H and O–H groups in total. The van der Waals surface area contributed by atoms with Crippen molar-refractivity contribution in [3.05, 3.63) is 0 Å². The molecule has 3 fully saturated rings. The van der Waals surface area contributed by atoms with Crippen molar-refractivity contribution in [2.75, 3.05) is 19.7 Å². The largest absolute Gasteiger partial charge is 0.396 e. The van der Waals surface area contributed by atoms with E-state index in [2.05, 4.69) is 5.32 Å². The van der Waals surface area contributed by atoms with Crippen molar-refractivity contribution >= 4 is 11.8 Å². The number of aliphatic hydroxyl groups is 1. The number of nitrogens with zero attached hydrogens (tertiary/aromatic N) is 1. The van der Waals surface area contributed by atoms with Crippen LogP contribution in [0.25, 0.3) is 0 Å². The molecule has 0 bridgehead atoms. The first-order valence-electron chi connectivity index (χ1n) is 7.86. The minimum Gasteiger partial charge on any atom is -0.396 e. The molecular formula is C15H24N2O3. The summed E-state index contributed by atoms with van der Waals surface area (Å²) in [6.07, 6.45) is 5.80. The molecule has 3 unspecified atom stereocenters. The van der Waals surface area contributed by atoms with Crippen molar-refractivity contribution < 1.29 is 14.7 Å². The van der Waals surface area contributed by atoms with Crippen LogP contribution in [0.1, 0.15) is 38.5 Å². The normalized spacial score (nSPS) is 33.8. The van der Waals surface area contributed by atoms with Crippen LogP contribution in [0.2, 0.25) is 0 Å². The van der Waals surface area contributed by atoms with Gasteiger partial charge in [0.25, 0.3) is 0 Å². The monoisotopic (exact) mass is 280 g/mol. The fourth-order valence-corrected chi connectivity index (χ4v) is 3.48. The maximum Gasteiger partial charge on any atom is 0.225 e. The Kier molecular flexibility index (Phi) is 3.96. The highest BCUT2D eigenvalue weighted by Crippen LogP contribution is 2.32. The fourth-order valence-electron chi connectivity index (χ4n) is 3.48. The minimum atomic E-state index is -0.193. The number of rotatable bonds is 5. The van der Waals surface area contributed by atoms with Gasteiger partial charge in [-0.25, -0.2) is 0 Å². The van der Waals surface area contributed by atoms with Crippen molar-refractivity contribution in [1.82, 2.24) is 10.2 Å². The minimum absolute atomic E-state index is 0.00185. The molecule has 1 heterocycles. The van der Waals surface area contributed by atoms with E-state index in [1.165, 1.54) is 12.8 Å². The van der Waals surface area contributed by atoms with E-state index < -0.39 is 0 Å². The second-order valence-electron chi connectivity index (χ2n) is 6.63. The van der Waals surface area contributed by atoms with Crippen molar-refractivity contribution in [3.63, 3.8) is 0 Å². The summed E-state index contributed by atoms with van der Waals surface area (Å²) in [4.78, 5) is 26.1. The SMILES string of the molecule is O=C(NC1CCCC1CO)C1CC(=O)N(CC2CC2)C1. The maximum atomic E-state index is 12.3. The van der Waals surface area contributed by atoms with Crippen LogP contribution in [0.15, 0.2) is 0 Å². The maximum absolute atomic E-state index is 12.3. The number of carbonyl (C=O) groups excluding carboxylic acids is 2. The van der Waals surface area contributed by atoms with Crippen LogP contribution in [0.5, 0.6) is 0 Å². The molecule has 5 nitrogen and oxygen atoms in total. The van der Waals surface area contributed by atoms with E-state index in [1.807, 2.05) is 4.90 Å². The smallest absolute Gasteiger partial charge is 0.225 e. The molecule has 1 saturated heterocycles. The summed E-state index contributed by atoms with van der Waals surface area (Å²) in [5.41, 5.74) is 0. The highest BCUT2D eigenvalue weighted by molar-refractivity contribution is 5.89. The van der Waals surface area contributed by atoms with Crippen LogP contribution < -0.4 is 5.32 Å². The molecule has 3 aliphatic rings. The first-order valence-corrected chi connectivity index (χ1v) is 7.86. The van der Waals surface area contributed by atoms with Gasteiger partial charge in [-0.1, -0.05) is 6.42 Å². The predicted octanol–water partition coefficient (Wildman–Crippen LogP) is 0.522. The van der Waals surface area contributed by atoms with E-state index >= 15 is 0 Å². The van der Waals surface area contributed by atoms with E-state index in [4.69, 9.17) is 0 Å². The average Bonchev–Trinajstić information content (AvgIpc) is 3.01. The summed E-state index contributed by atoms with van der Waals surface area (Å²) in [6.45, 7) is 1.56. The molecule has 2 saturated carbocycles.